The summed E-state index contributed by atoms with van der Waals surface area (Å²) in [5.74, 6) is -0.494. The van der Waals surface area contributed by atoms with Crippen LogP contribution in [0.15, 0.2) is 35.2 Å². The molecule has 4 nitrogen and oxygen atoms in total. The third-order valence-corrected chi connectivity index (χ3v) is 14.5. The molecule has 0 N–H and O–H groups in total. The molecule has 0 aromatic heterocycles. The summed E-state index contributed by atoms with van der Waals surface area (Å²) in [5.41, 5.74) is -1.43. The van der Waals surface area contributed by atoms with Crippen LogP contribution in [0, 0.1) is 16.7 Å². The molecule has 0 amide bonds. The van der Waals surface area contributed by atoms with Crippen molar-refractivity contribution in [1.29, 1.82) is 0 Å². The van der Waals surface area contributed by atoms with Crippen molar-refractivity contribution in [2.75, 3.05) is 7.11 Å². The van der Waals surface area contributed by atoms with Gasteiger partial charge in [-0.25, -0.2) is 0 Å². The minimum Gasteiger partial charge on any atom is -0.468 e. The van der Waals surface area contributed by atoms with Crippen molar-refractivity contribution < 1.29 is 18.8 Å². The number of carbonyl (C=O) groups excluding carboxylic acids is 2. The molecule has 0 bridgehead atoms. The Kier molecular flexibility index (Phi) is 7.11. The summed E-state index contributed by atoms with van der Waals surface area (Å²) in [6.07, 6.45) is 2.48. The van der Waals surface area contributed by atoms with E-state index in [9.17, 15) is 9.59 Å². The molecule has 3 rings (SSSR count). The Morgan fingerprint density at radius 1 is 1.12 bits per heavy atom. The SMILES string of the molecule is COC(=O)[C@]12C(=O)C[C@@H](Sc3ccccc3)C(C)(C)[C@H]1CCC[C@@H]2O[Si](C)(C)C(C)(C)C. The molecule has 0 spiro atoms. The predicted octanol–water partition coefficient (Wildman–Crippen LogP) is 6.50. The van der Waals surface area contributed by atoms with E-state index < -0.39 is 25.8 Å². The Morgan fingerprint density at radius 2 is 1.75 bits per heavy atom. The first-order valence-electron chi connectivity index (χ1n) is 11.8. The minimum absolute atomic E-state index is 0.00379. The van der Waals surface area contributed by atoms with Crippen LogP contribution in [0.5, 0.6) is 0 Å². The summed E-state index contributed by atoms with van der Waals surface area (Å²) in [6, 6.07) is 10.3. The molecule has 0 aliphatic heterocycles. The van der Waals surface area contributed by atoms with Crippen molar-refractivity contribution >= 4 is 31.8 Å². The molecule has 178 valence electrons. The van der Waals surface area contributed by atoms with Gasteiger partial charge >= 0.3 is 5.97 Å². The van der Waals surface area contributed by atoms with Crippen LogP contribution in [0.4, 0.5) is 0 Å². The summed E-state index contributed by atoms with van der Waals surface area (Å²) < 4.78 is 12.2. The van der Waals surface area contributed by atoms with E-state index in [1.165, 1.54) is 7.11 Å². The number of carbonyl (C=O) groups is 2. The first-order chi connectivity index (χ1) is 14.8. The molecule has 1 aromatic carbocycles. The summed E-state index contributed by atoms with van der Waals surface area (Å²) in [6.45, 7) is 15.5. The molecule has 2 aliphatic carbocycles. The lowest BCUT2D eigenvalue weighted by Crippen LogP contribution is -2.67. The maximum atomic E-state index is 14.0. The lowest BCUT2D eigenvalue weighted by Gasteiger charge is -2.58. The number of thioether (sulfide) groups is 1. The summed E-state index contributed by atoms with van der Waals surface area (Å²) in [5, 5.41) is 0.0997. The second-order valence-corrected chi connectivity index (χ2v) is 17.6. The van der Waals surface area contributed by atoms with Gasteiger partial charge in [0, 0.05) is 16.6 Å². The van der Waals surface area contributed by atoms with Crippen molar-refractivity contribution in [2.45, 2.75) is 94.7 Å². The van der Waals surface area contributed by atoms with Crippen molar-refractivity contribution in [1.82, 2.24) is 0 Å². The number of hydrogen-bond acceptors (Lipinski definition) is 5. The van der Waals surface area contributed by atoms with Gasteiger partial charge in [-0.3, -0.25) is 9.59 Å². The molecule has 0 unspecified atom stereocenters. The fourth-order valence-electron chi connectivity index (χ4n) is 5.44. The highest BCUT2D eigenvalue weighted by Crippen LogP contribution is 2.61. The lowest BCUT2D eigenvalue weighted by molar-refractivity contribution is -0.187. The predicted molar refractivity (Wildman–Crippen MR) is 133 cm³/mol. The molecule has 2 aliphatic rings. The van der Waals surface area contributed by atoms with Crippen LogP contribution in [0.25, 0.3) is 0 Å². The number of benzene rings is 1. The maximum Gasteiger partial charge on any atom is 0.322 e. The number of fused-ring (bicyclic) bond motifs is 1. The van der Waals surface area contributed by atoms with Crippen LogP contribution in [0.2, 0.25) is 18.1 Å². The number of rotatable bonds is 5. The maximum absolute atomic E-state index is 14.0. The number of hydrogen-bond donors (Lipinski definition) is 0. The monoisotopic (exact) mass is 476 g/mol. The second-order valence-electron chi connectivity index (χ2n) is 11.6. The van der Waals surface area contributed by atoms with Gasteiger partial charge in [0.05, 0.1) is 13.2 Å². The van der Waals surface area contributed by atoms with Gasteiger partial charge in [0.25, 0.3) is 0 Å². The highest BCUT2D eigenvalue weighted by atomic mass is 32.2. The molecule has 0 radical (unpaired) electrons. The summed E-state index contributed by atoms with van der Waals surface area (Å²) >= 11 is 1.76. The summed E-state index contributed by atoms with van der Waals surface area (Å²) in [4.78, 5) is 28.7. The van der Waals surface area contributed by atoms with Gasteiger partial charge in [-0.1, -0.05) is 59.2 Å². The molecular formula is C26H40O4SSi. The highest BCUT2D eigenvalue weighted by Gasteiger charge is 2.68. The molecule has 32 heavy (non-hydrogen) atoms. The Balaban J connectivity index is 2.04. The average molecular weight is 477 g/mol. The number of Topliss-reactive ketones (excluding diaryl/α,β-unsaturated/α-hetero) is 1. The molecule has 0 heterocycles. The molecule has 4 atom stereocenters. The van der Waals surface area contributed by atoms with Crippen LogP contribution < -0.4 is 0 Å². The van der Waals surface area contributed by atoms with Gasteiger partial charge in [0.2, 0.25) is 0 Å². The van der Waals surface area contributed by atoms with Crippen molar-refractivity contribution in [3.8, 4) is 0 Å². The van der Waals surface area contributed by atoms with E-state index >= 15 is 0 Å². The summed E-state index contributed by atoms with van der Waals surface area (Å²) in [7, 11) is -0.779. The highest BCUT2D eigenvalue weighted by molar-refractivity contribution is 8.00. The fraction of sp³-hybridized carbons (Fsp3) is 0.692. The van der Waals surface area contributed by atoms with E-state index in [0.717, 1.165) is 24.2 Å². The van der Waals surface area contributed by atoms with Crippen molar-refractivity contribution in [3.63, 3.8) is 0 Å². The van der Waals surface area contributed by atoms with Crippen LogP contribution in [-0.4, -0.2) is 38.5 Å². The van der Waals surface area contributed by atoms with E-state index in [4.69, 9.17) is 9.16 Å². The Bertz CT molecular complexity index is 845. The molecule has 1 aromatic rings. The largest absolute Gasteiger partial charge is 0.468 e. The van der Waals surface area contributed by atoms with E-state index in [1.807, 2.05) is 18.2 Å². The zero-order valence-electron chi connectivity index (χ0n) is 21.0. The number of ketones is 1. The molecule has 2 saturated carbocycles. The van der Waals surface area contributed by atoms with Gasteiger partial charge in [-0.05, 0) is 54.4 Å². The first-order valence-corrected chi connectivity index (χ1v) is 15.6. The minimum atomic E-state index is -2.19. The van der Waals surface area contributed by atoms with Gasteiger partial charge in [-0.2, -0.15) is 0 Å². The Labute approximate surface area is 199 Å². The third-order valence-electron chi connectivity index (χ3n) is 8.36. The van der Waals surface area contributed by atoms with Crippen LogP contribution in [-0.2, 0) is 18.8 Å². The van der Waals surface area contributed by atoms with Crippen molar-refractivity contribution in [2.24, 2.45) is 16.7 Å². The van der Waals surface area contributed by atoms with Crippen LogP contribution in [0.3, 0.4) is 0 Å². The van der Waals surface area contributed by atoms with Crippen LogP contribution >= 0.6 is 11.8 Å². The number of methoxy groups -OCH3 is 1. The number of esters is 1. The van der Waals surface area contributed by atoms with Crippen molar-refractivity contribution in [3.05, 3.63) is 30.3 Å². The molecule has 6 heteroatoms. The average Bonchev–Trinajstić information content (AvgIpc) is 2.71. The Hall–Kier alpha value is -1.11. The van der Waals surface area contributed by atoms with Gasteiger partial charge in [0.15, 0.2) is 19.5 Å². The lowest BCUT2D eigenvalue weighted by atomic mass is 9.49. The fourth-order valence-corrected chi connectivity index (χ4v) is 8.16. The zero-order chi connectivity index (χ0) is 23.9. The molecule has 2 fully saturated rings. The normalized spacial score (nSPS) is 30.5. The smallest absolute Gasteiger partial charge is 0.322 e. The first kappa shape index (κ1) is 25.5. The van der Waals surface area contributed by atoms with E-state index in [1.54, 1.807) is 11.8 Å². The van der Waals surface area contributed by atoms with Gasteiger partial charge < -0.3 is 9.16 Å². The van der Waals surface area contributed by atoms with Crippen LogP contribution in [0.1, 0.15) is 60.3 Å². The van der Waals surface area contributed by atoms with E-state index in [2.05, 4.69) is 59.8 Å². The quantitative estimate of drug-likeness (QED) is 0.276. The molecule has 0 saturated heterocycles. The van der Waals surface area contributed by atoms with Gasteiger partial charge in [0.1, 0.15) is 0 Å². The Morgan fingerprint density at radius 3 is 2.31 bits per heavy atom. The number of ether oxygens (including phenoxy) is 1. The zero-order valence-corrected chi connectivity index (χ0v) is 22.8. The topological polar surface area (TPSA) is 52.6 Å². The van der Waals surface area contributed by atoms with E-state index in [0.29, 0.717) is 6.42 Å². The second kappa shape index (κ2) is 8.92. The standard InChI is InChI=1S/C26H40O4SSi/c1-24(2,3)32(7,8)30-21-16-12-15-19-25(4,5)22(31-18-13-10-9-11-14-18)17-20(27)26(19,21)23(28)29-6/h9-11,13-14,19,21-22H,12,15-17H2,1-8H3/t19-,21+,22-,26+/m1/s1. The molecular weight excluding hydrogens is 436 g/mol. The van der Waals surface area contributed by atoms with Gasteiger partial charge in [-0.15, -0.1) is 11.8 Å². The third kappa shape index (κ3) is 4.23. The van der Waals surface area contributed by atoms with E-state index in [-0.39, 0.29) is 27.4 Å².